The molecular weight excluding hydrogens is 286 g/mol. The minimum Gasteiger partial charge on any atom is -0.366 e. The van der Waals surface area contributed by atoms with Gasteiger partial charge in [0.2, 0.25) is 0 Å². The van der Waals surface area contributed by atoms with E-state index in [-0.39, 0.29) is 0 Å². The number of hydrogen-bond donors (Lipinski definition) is 1. The lowest BCUT2D eigenvalue weighted by atomic mass is 10.1. The molecule has 3 rings (SSSR count). The van der Waals surface area contributed by atoms with E-state index in [0.29, 0.717) is 18.1 Å². The van der Waals surface area contributed by atoms with Crippen molar-refractivity contribution in [2.24, 2.45) is 5.14 Å². The summed E-state index contributed by atoms with van der Waals surface area (Å²) < 4.78 is 30.1. The molecular formula is C11H13N3O3S2. The summed E-state index contributed by atoms with van der Waals surface area (Å²) in [6.45, 7) is 2.16. The van der Waals surface area contributed by atoms with Crippen LogP contribution in [0.25, 0.3) is 0 Å². The molecule has 0 saturated carbocycles. The Bertz CT molecular complexity index is 717. The zero-order valence-corrected chi connectivity index (χ0v) is 11.9. The summed E-state index contributed by atoms with van der Waals surface area (Å²) in [4.78, 5) is 5.07. The number of rotatable bonds is 2. The maximum atomic E-state index is 11.7. The molecule has 102 valence electrons. The summed E-state index contributed by atoms with van der Waals surface area (Å²) in [7, 11) is -3.88. The number of fused-ring (bicyclic) bond motifs is 1. The van der Waals surface area contributed by atoms with E-state index < -0.39 is 16.3 Å². The van der Waals surface area contributed by atoms with Gasteiger partial charge in [-0.15, -0.1) is 11.3 Å². The van der Waals surface area contributed by atoms with Gasteiger partial charge in [0, 0.05) is 4.88 Å². The molecule has 1 aliphatic heterocycles. The molecule has 1 unspecified atom stereocenters. The minimum atomic E-state index is -3.88. The van der Waals surface area contributed by atoms with E-state index in [1.807, 2.05) is 11.4 Å². The maximum absolute atomic E-state index is 11.7. The quantitative estimate of drug-likeness (QED) is 0.895. The lowest BCUT2D eigenvalue weighted by molar-refractivity contribution is 0.0695. The lowest BCUT2D eigenvalue weighted by Crippen LogP contribution is -2.27. The summed E-state index contributed by atoms with van der Waals surface area (Å²) in [5.41, 5.74) is 1.66. The third-order valence-corrected chi connectivity index (χ3v) is 5.10. The Hall–Kier alpha value is -1.22. The molecule has 0 bridgehead atoms. The van der Waals surface area contributed by atoms with E-state index >= 15 is 0 Å². The van der Waals surface area contributed by atoms with Crippen molar-refractivity contribution in [2.75, 3.05) is 6.61 Å². The average molecular weight is 299 g/mol. The normalized spacial score (nSPS) is 19.4. The predicted molar refractivity (Wildman–Crippen MR) is 71.3 cm³/mol. The van der Waals surface area contributed by atoms with Crippen LogP contribution >= 0.6 is 11.3 Å². The molecule has 19 heavy (non-hydrogen) atoms. The van der Waals surface area contributed by atoms with Crippen LogP contribution in [0.3, 0.4) is 0 Å². The van der Waals surface area contributed by atoms with Crippen molar-refractivity contribution in [3.63, 3.8) is 0 Å². The molecule has 0 fully saturated rings. The van der Waals surface area contributed by atoms with E-state index in [2.05, 4.69) is 4.98 Å². The van der Waals surface area contributed by atoms with E-state index in [9.17, 15) is 8.42 Å². The second-order valence-electron chi connectivity index (χ2n) is 4.35. The molecule has 2 aromatic rings. The van der Waals surface area contributed by atoms with Gasteiger partial charge in [-0.05, 0) is 30.4 Å². The van der Waals surface area contributed by atoms with Gasteiger partial charge >= 0.3 is 10.2 Å². The highest BCUT2D eigenvalue weighted by Crippen LogP contribution is 2.36. The first kappa shape index (κ1) is 12.8. The number of ether oxygens (including phenoxy) is 1. The molecule has 1 atom stereocenters. The Labute approximate surface area is 115 Å². The van der Waals surface area contributed by atoms with Gasteiger partial charge in [0.05, 0.1) is 18.5 Å². The van der Waals surface area contributed by atoms with Gasteiger partial charge < -0.3 is 4.74 Å². The van der Waals surface area contributed by atoms with E-state index in [0.717, 1.165) is 15.3 Å². The van der Waals surface area contributed by atoms with Gasteiger partial charge in [0.25, 0.3) is 0 Å². The van der Waals surface area contributed by atoms with Crippen LogP contribution in [0.5, 0.6) is 0 Å². The van der Waals surface area contributed by atoms with E-state index in [1.165, 1.54) is 11.8 Å². The molecule has 3 heterocycles. The molecule has 0 saturated heterocycles. The first-order chi connectivity index (χ1) is 8.98. The largest absolute Gasteiger partial charge is 0.366 e. The van der Waals surface area contributed by atoms with Crippen LogP contribution < -0.4 is 5.14 Å². The Morgan fingerprint density at radius 2 is 2.37 bits per heavy atom. The Balaban J connectivity index is 2.16. The van der Waals surface area contributed by atoms with Crippen molar-refractivity contribution in [2.45, 2.75) is 19.4 Å². The van der Waals surface area contributed by atoms with Gasteiger partial charge in [-0.25, -0.2) is 14.1 Å². The molecule has 8 heteroatoms. The highest BCUT2D eigenvalue weighted by molar-refractivity contribution is 7.87. The number of aromatic nitrogens is 2. The van der Waals surface area contributed by atoms with Gasteiger partial charge in [-0.3, -0.25) is 0 Å². The zero-order chi connectivity index (χ0) is 13.6. The van der Waals surface area contributed by atoms with Gasteiger partial charge in [0.15, 0.2) is 0 Å². The smallest absolute Gasteiger partial charge is 0.304 e. The van der Waals surface area contributed by atoms with Crippen molar-refractivity contribution in [1.29, 1.82) is 0 Å². The van der Waals surface area contributed by atoms with Gasteiger partial charge in [-0.2, -0.15) is 8.42 Å². The fraction of sp³-hybridized carbons (Fsp3) is 0.364. The average Bonchev–Trinajstić information content (AvgIpc) is 2.93. The standard InChI is InChI=1S/C11H13N3O3S2/c1-7-13-6-9(14(7)19(12,15)16)10-11-8(2-4-17-10)3-5-18-11/h3,5-6,10H,2,4H2,1H3,(H2,12,15,16). The Morgan fingerprint density at radius 1 is 1.58 bits per heavy atom. The van der Waals surface area contributed by atoms with Crippen molar-refractivity contribution in [3.8, 4) is 0 Å². The SMILES string of the molecule is Cc1ncc(C2OCCc3ccsc32)n1S(N)(=O)=O. The highest BCUT2D eigenvalue weighted by atomic mass is 32.2. The summed E-state index contributed by atoms with van der Waals surface area (Å²) in [5.74, 6) is 0.338. The monoisotopic (exact) mass is 299 g/mol. The van der Waals surface area contributed by atoms with Gasteiger partial charge in [-0.1, -0.05) is 0 Å². The molecule has 0 aromatic carbocycles. The number of hydrogen-bond acceptors (Lipinski definition) is 5. The second kappa shape index (κ2) is 4.41. The Morgan fingerprint density at radius 3 is 3.11 bits per heavy atom. The number of thiophene rings is 1. The molecule has 2 aromatic heterocycles. The van der Waals surface area contributed by atoms with Crippen molar-refractivity contribution in [3.05, 3.63) is 39.6 Å². The van der Waals surface area contributed by atoms with Crippen LogP contribution in [0.15, 0.2) is 17.6 Å². The number of nitrogens with zero attached hydrogens (tertiary/aromatic N) is 2. The first-order valence-corrected chi connectivity index (χ1v) is 8.12. The summed E-state index contributed by atoms with van der Waals surface area (Å²) in [6, 6.07) is 2.04. The molecule has 1 aliphatic rings. The second-order valence-corrected chi connectivity index (χ2v) is 6.69. The predicted octanol–water partition coefficient (Wildman–Crippen LogP) is 0.967. The van der Waals surface area contributed by atoms with Gasteiger partial charge in [0.1, 0.15) is 11.9 Å². The number of nitrogens with two attached hydrogens (primary N) is 1. The molecule has 2 N–H and O–H groups in total. The fourth-order valence-electron chi connectivity index (χ4n) is 2.32. The van der Waals surface area contributed by atoms with Crippen molar-refractivity contribution >= 4 is 21.5 Å². The van der Waals surface area contributed by atoms with Crippen molar-refractivity contribution < 1.29 is 13.2 Å². The highest BCUT2D eigenvalue weighted by Gasteiger charge is 2.30. The molecule has 0 radical (unpaired) electrons. The molecule has 0 spiro atoms. The van der Waals surface area contributed by atoms with E-state index in [4.69, 9.17) is 9.88 Å². The van der Waals surface area contributed by atoms with Crippen LogP contribution in [0, 0.1) is 6.92 Å². The fourth-order valence-corrected chi connectivity index (χ4v) is 4.19. The maximum Gasteiger partial charge on any atom is 0.304 e. The number of aryl methyl sites for hydroxylation is 1. The third-order valence-electron chi connectivity index (χ3n) is 3.11. The number of imidazole rings is 1. The molecule has 0 amide bonds. The van der Waals surface area contributed by atoms with E-state index in [1.54, 1.807) is 18.3 Å². The minimum absolute atomic E-state index is 0.338. The van der Waals surface area contributed by atoms with Crippen LogP contribution in [-0.4, -0.2) is 24.0 Å². The first-order valence-electron chi connectivity index (χ1n) is 5.74. The summed E-state index contributed by atoms with van der Waals surface area (Å²) in [5, 5.41) is 7.23. The summed E-state index contributed by atoms with van der Waals surface area (Å²) in [6.07, 6.45) is 1.94. The van der Waals surface area contributed by atoms with Crippen LogP contribution in [0.4, 0.5) is 0 Å². The van der Waals surface area contributed by atoms with Crippen molar-refractivity contribution in [1.82, 2.24) is 8.96 Å². The topological polar surface area (TPSA) is 87.2 Å². The lowest BCUT2D eigenvalue weighted by Gasteiger charge is -2.23. The van der Waals surface area contributed by atoms with Crippen LogP contribution in [-0.2, 0) is 21.4 Å². The molecule has 0 aliphatic carbocycles. The zero-order valence-electron chi connectivity index (χ0n) is 10.2. The summed E-state index contributed by atoms with van der Waals surface area (Å²) >= 11 is 1.56. The van der Waals surface area contributed by atoms with Crippen LogP contribution in [0.2, 0.25) is 0 Å². The van der Waals surface area contributed by atoms with Crippen LogP contribution in [0.1, 0.15) is 28.1 Å². The Kier molecular flexibility index (Phi) is 2.97. The molecule has 6 nitrogen and oxygen atoms in total. The third kappa shape index (κ3) is 2.10.